The van der Waals surface area contributed by atoms with E-state index in [4.69, 9.17) is 4.74 Å². The molecule has 122 valence electrons. The number of benzene rings is 3. The second-order valence-corrected chi connectivity index (χ2v) is 6.02. The minimum atomic E-state index is -0.322. The second-order valence-electron chi connectivity index (χ2n) is 6.02. The number of aliphatic hydroxyl groups is 1. The van der Waals surface area contributed by atoms with Gasteiger partial charge in [0.25, 0.3) is 0 Å². The van der Waals surface area contributed by atoms with Gasteiger partial charge in [0.1, 0.15) is 12.4 Å². The van der Waals surface area contributed by atoms with Crippen LogP contribution in [0, 0.1) is 0 Å². The van der Waals surface area contributed by atoms with Crippen LogP contribution in [0.15, 0.2) is 78.9 Å². The third kappa shape index (κ3) is 4.24. The summed E-state index contributed by atoms with van der Waals surface area (Å²) in [7, 11) is 0. The summed E-state index contributed by atoms with van der Waals surface area (Å²) in [4.78, 5) is 0. The lowest BCUT2D eigenvalue weighted by molar-refractivity contribution is 0.195. The number of hydrogen-bond acceptors (Lipinski definition) is 2. The van der Waals surface area contributed by atoms with E-state index in [1.165, 1.54) is 0 Å². The first-order valence-electron chi connectivity index (χ1n) is 8.25. The van der Waals surface area contributed by atoms with Crippen LogP contribution in [-0.4, -0.2) is 11.2 Å². The molecule has 3 rings (SSSR count). The molecule has 0 radical (unpaired) electrons. The molecule has 0 aliphatic heterocycles. The fourth-order valence-electron chi connectivity index (χ4n) is 2.73. The van der Waals surface area contributed by atoms with Crippen molar-refractivity contribution in [1.82, 2.24) is 0 Å². The third-order valence-corrected chi connectivity index (χ3v) is 3.92. The summed E-state index contributed by atoms with van der Waals surface area (Å²) in [6.45, 7) is 2.36. The topological polar surface area (TPSA) is 29.5 Å². The zero-order chi connectivity index (χ0) is 16.8. The van der Waals surface area contributed by atoms with E-state index in [-0.39, 0.29) is 6.10 Å². The highest BCUT2D eigenvalue weighted by Crippen LogP contribution is 2.30. The van der Waals surface area contributed by atoms with Crippen LogP contribution < -0.4 is 4.74 Å². The van der Waals surface area contributed by atoms with E-state index in [2.05, 4.69) is 42.5 Å². The Bertz CT molecular complexity index is 761. The predicted molar refractivity (Wildman–Crippen MR) is 98.0 cm³/mol. The second kappa shape index (κ2) is 7.80. The minimum absolute atomic E-state index is 0.322. The van der Waals surface area contributed by atoms with Gasteiger partial charge in [0.2, 0.25) is 0 Å². The van der Waals surface area contributed by atoms with Crippen molar-refractivity contribution in [3.05, 3.63) is 90.0 Å². The highest BCUT2D eigenvalue weighted by Gasteiger charge is 2.07. The molecule has 0 fully saturated rings. The van der Waals surface area contributed by atoms with Crippen molar-refractivity contribution < 1.29 is 9.84 Å². The van der Waals surface area contributed by atoms with E-state index >= 15 is 0 Å². The summed E-state index contributed by atoms with van der Waals surface area (Å²) in [5.41, 5.74) is 4.49. The van der Waals surface area contributed by atoms with Crippen LogP contribution in [-0.2, 0) is 13.0 Å². The SMILES string of the molecule is CC(O)Cc1ccc(-c2ccccc2OCc2ccccc2)cc1. The van der Waals surface area contributed by atoms with E-state index in [1.807, 2.05) is 36.4 Å². The molecule has 0 aromatic heterocycles. The van der Waals surface area contributed by atoms with Crippen molar-refractivity contribution in [1.29, 1.82) is 0 Å². The average Bonchev–Trinajstić information content (AvgIpc) is 2.61. The van der Waals surface area contributed by atoms with E-state index in [1.54, 1.807) is 6.92 Å². The van der Waals surface area contributed by atoms with E-state index in [9.17, 15) is 5.11 Å². The number of ether oxygens (including phenoxy) is 1. The van der Waals surface area contributed by atoms with Gasteiger partial charge in [-0.05, 0) is 36.1 Å². The summed E-state index contributed by atoms with van der Waals surface area (Å²) in [6.07, 6.45) is 0.351. The van der Waals surface area contributed by atoms with Gasteiger partial charge >= 0.3 is 0 Å². The van der Waals surface area contributed by atoms with Crippen LogP contribution in [0.5, 0.6) is 5.75 Å². The molecule has 0 amide bonds. The van der Waals surface area contributed by atoms with Crippen LogP contribution in [0.1, 0.15) is 18.1 Å². The van der Waals surface area contributed by atoms with Crippen molar-refractivity contribution in [3.8, 4) is 16.9 Å². The molecule has 0 aliphatic rings. The van der Waals surface area contributed by atoms with Crippen LogP contribution in [0.2, 0.25) is 0 Å². The molecule has 2 heteroatoms. The Balaban J connectivity index is 1.78. The summed E-state index contributed by atoms with van der Waals surface area (Å²) >= 11 is 0. The van der Waals surface area contributed by atoms with Gasteiger partial charge in [0.05, 0.1) is 6.10 Å². The predicted octanol–water partition coefficient (Wildman–Crippen LogP) is 4.86. The molecule has 3 aromatic rings. The fourth-order valence-corrected chi connectivity index (χ4v) is 2.73. The van der Waals surface area contributed by atoms with Gasteiger partial charge in [-0.2, -0.15) is 0 Å². The highest BCUT2D eigenvalue weighted by atomic mass is 16.5. The number of rotatable bonds is 6. The summed E-state index contributed by atoms with van der Waals surface area (Å²) < 4.78 is 6.03. The first-order valence-corrected chi connectivity index (χ1v) is 8.25. The summed E-state index contributed by atoms with van der Waals surface area (Å²) in [5.74, 6) is 0.879. The van der Waals surface area contributed by atoms with Gasteiger partial charge in [0, 0.05) is 5.56 Å². The molecule has 1 unspecified atom stereocenters. The van der Waals surface area contributed by atoms with Crippen LogP contribution in [0.3, 0.4) is 0 Å². The molecule has 0 bridgehead atoms. The summed E-state index contributed by atoms with van der Waals surface area (Å²) in [5, 5.41) is 9.49. The smallest absolute Gasteiger partial charge is 0.127 e. The van der Waals surface area contributed by atoms with Crippen molar-refractivity contribution >= 4 is 0 Å². The van der Waals surface area contributed by atoms with Gasteiger partial charge in [-0.15, -0.1) is 0 Å². The van der Waals surface area contributed by atoms with Crippen molar-refractivity contribution in [2.24, 2.45) is 0 Å². The zero-order valence-corrected chi connectivity index (χ0v) is 13.9. The first kappa shape index (κ1) is 16.3. The largest absolute Gasteiger partial charge is 0.488 e. The maximum absolute atomic E-state index is 9.49. The molecule has 0 saturated heterocycles. The van der Waals surface area contributed by atoms with E-state index in [0.717, 1.165) is 28.0 Å². The Kier molecular flexibility index (Phi) is 5.29. The molecular weight excluding hydrogens is 296 g/mol. The molecule has 0 saturated carbocycles. The molecule has 24 heavy (non-hydrogen) atoms. The third-order valence-electron chi connectivity index (χ3n) is 3.92. The Hall–Kier alpha value is -2.58. The highest BCUT2D eigenvalue weighted by molar-refractivity contribution is 5.70. The van der Waals surface area contributed by atoms with E-state index in [0.29, 0.717) is 13.0 Å². The molecule has 0 spiro atoms. The fraction of sp³-hybridized carbons (Fsp3) is 0.182. The lowest BCUT2D eigenvalue weighted by Crippen LogP contribution is -2.03. The molecule has 1 atom stereocenters. The monoisotopic (exact) mass is 318 g/mol. The Morgan fingerprint density at radius 2 is 1.46 bits per heavy atom. The summed E-state index contributed by atoms with van der Waals surface area (Å²) in [6, 6.07) is 26.6. The Morgan fingerprint density at radius 1 is 0.792 bits per heavy atom. The molecule has 3 aromatic carbocycles. The van der Waals surface area contributed by atoms with Gasteiger partial charge in [-0.1, -0.05) is 72.8 Å². The molecule has 2 nitrogen and oxygen atoms in total. The lowest BCUT2D eigenvalue weighted by Gasteiger charge is -2.12. The van der Waals surface area contributed by atoms with Crippen LogP contribution >= 0.6 is 0 Å². The number of hydrogen-bond donors (Lipinski definition) is 1. The van der Waals surface area contributed by atoms with Crippen molar-refractivity contribution in [2.45, 2.75) is 26.1 Å². The van der Waals surface area contributed by atoms with Gasteiger partial charge in [-0.25, -0.2) is 0 Å². The number of para-hydroxylation sites is 1. The lowest BCUT2D eigenvalue weighted by atomic mass is 10.0. The van der Waals surface area contributed by atoms with Crippen molar-refractivity contribution in [2.75, 3.05) is 0 Å². The normalized spacial score (nSPS) is 11.9. The van der Waals surface area contributed by atoms with Gasteiger partial charge in [0.15, 0.2) is 0 Å². The van der Waals surface area contributed by atoms with Gasteiger partial charge < -0.3 is 9.84 Å². The maximum atomic E-state index is 9.49. The Morgan fingerprint density at radius 3 is 2.17 bits per heavy atom. The van der Waals surface area contributed by atoms with E-state index < -0.39 is 0 Å². The molecule has 1 N–H and O–H groups in total. The quantitative estimate of drug-likeness (QED) is 0.703. The number of aliphatic hydroxyl groups excluding tert-OH is 1. The van der Waals surface area contributed by atoms with Gasteiger partial charge in [-0.3, -0.25) is 0 Å². The molecule has 0 aliphatic carbocycles. The first-order chi connectivity index (χ1) is 11.7. The average molecular weight is 318 g/mol. The molecular formula is C22H22O2. The zero-order valence-electron chi connectivity index (χ0n) is 13.9. The molecule has 0 heterocycles. The maximum Gasteiger partial charge on any atom is 0.127 e. The van der Waals surface area contributed by atoms with Crippen LogP contribution in [0.25, 0.3) is 11.1 Å². The standard InChI is InChI=1S/C22H22O2/c1-17(23)15-18-11-13-20(14-12-18)21-9-5-6-10-22(21)24-16-19-7-3-2-4-8-19/h2-14,17,23H,15-16H2,1H3. The minimum Gasteiger partial charge on any atom is -0.488 e. The van der Waals surface area contributed by atoms with Crippen LogP contribution in [0.4, 0.5) is 0 Å². The van der Waals surface area contributed by atoms with Crippen molar-refractivity contribution in [3.63, 3.8) is 0 Å². The Labute approximate surface area is 143 Å².